The number of anilines is 1. The van der Waals surface area contributed by atoms with Crippen molar-refractivity contribution < 1.29 is 14.3 Å². The first-order chi connectivity index (χ1) is 8.63. The Morgan fingerprint density at radius 2 is 1.83 bits per heavy atom. The lowest BCUT2D eigenvalue weighted by molar-refractivity contribution is -0.116. The van der Waals surface area contributed by atoms with Gasteiger partial charge in [-0.25, -0.2) is 0 Å². The number of benzene rings is 1. The number of ether oxygens (including phenoxy) is 2. The van der Waals surface area contributed by atoms with E-state index in [1.807, 2.05) is 39.0 Å². The zero-order chi connectivity index (χ0) is 13.5. The topological polar surface area (TPSA) is 38.8 Å². The van der Waals surface area contributed by atoms with Crippen LogP contribution in [0.15, 0.2) is 18.2 Å². The third kappa shape index (κ3) is 3.39. The van der Waals surface area contributed by atoms with Crippen LogP contribution in [0.25, 0.3) is 0 Å². The van der Waals surface area contributed by atoms with Gasteiger partial charge in [-0.05, 0) is 32.9 Å². The summed E-state index contributed by atoms with van der Waals surface area (Å²) in [7, 11) is 0. The predicted molar refractivity (Wildman–Crippen MR) is 72.5 cm³/mol. The van der Waals surface area contributed by atoms with Gasteiger partial charge in [-0.1, -0.05) is 0 Å². The summed E-state index contributed by atoms with van der Waals surface area (Å²) in [4.78, 5) is 13.3. The van der Waals surface area contributed by atoms with E-state index in [0.29, 0.717) is 25.5 Å². The fraction of sp³-hybridized carbons (Fsp3) is 0.500. The van der Waals surface area contributed by atoms with Gasteiger partial charge in [0.25, 0.3) is 0 Å². The summed E-state index contributed by atoms with van der Waals surface area (Å²) in [5, 5.41) is 0. The molecule has 0 N–H and O–H groups in total. The summed E-state index contributed by atoms with van der Waals surface area (Å²) < 4.78 is 11.0. The molecule has 1 amide bonds. The summed E-state index contributed by atoms with van der Waals surface area (Å²) in [6.45, 7) is 9.10. The van der Waals surface area contributed by atoms with Gasteiger partial charge < -0.3 is 14.4 Å². The van der Waals surface area contributed by atoms with E-state index in [0.717, 1.165) is 11.4 Å². The molecule has 4 nitrogen and oxygen atoms in total. The molecule has 0 aliphatic heterocycles. The number of amides is 1. The first kappa shape index (κ1) is 14.4. The first-order valence-corrected chi connectivity index (χ1v) is 6.31. The molecular formula is C14H21NO3. The van der Waals surface area contributed by atoms with Crippen LogP contribution in [0.4, 0.5) is 5.69 Å². The molecule has 4 heteroatoms. The highest BCUT2D eigenvalue weighted by Gasteiger charge is 2.15. The van der Waals surface area contributed by atoms with Crippen molar-refractivity contribution in [3.63, 3.8) is 0 Å². The van der Waals surface area contributed by atoms with Gasteiger partial charge in [0.15, 0.2) is 0 Å². The molecule has 0 atom stereocenters. The van der Waals surface area contributed by atoms with Gasteiger partial charge in [-0.3, -0.25) is 4.79 Å². The van der Waals surface area contributed by atoms with Gasteiger partial charge in [-0.15, -0.1) is 0 Å². The van der Waals surface area contributed by atoms with Crippen LogP contribution >= 0.6 is 0 Å². The van der Waals surface area contributed by atoms with Crippen molar-refractivity contribution in [1.29, 1.82) is 0 Å². The van der Waals surface area contributed by atoms with Gasteiger partial charge in [0.2, 0.25) is 5.91 Å². The van der Waals surface area contributed by atoms with Gasteiger partial charge in [0, 0.05) is 19.5 Å². The normalized spacial score (nSPS) is 10.0. The predicted octanol–water partition coefficient (Wildman–Crippen LogP) is 2.86. The third-order valence-corrected chi connectivity index (χ3v) is 2.53. The standard InChI is InChI=1S/C14H21NO3/c1-5-15(11(4)16)13-10-12(17-6-2)8-9-14(13)18-7-3/h8-10H,5-7H2,1-4H3. The Kier molecular flexibility index (Phi) is 5.49. The second-order valence-corrected chi connectivity index (χ2v) is 3.76. The molecule has 0 aliphatic carbocycles. The zero-order valence-corrected chi connectivity index (χ0v) is 11.5. The molecule has 0 saturated heterocycles. The van der Waals surface area contributed by atoms with Gasteiger partial charge in [0.1, 0.15) is 11.5 Å². The van der Waals surface area contributed by atoms with E-state index in [1.54, 1.807) is 11.8 Å². The molecule has 1 aromatic rings. The van der Waals surface area contributed by atoms with Crippen molar-refractivity contribution in [1.82, 2.24) is 0 Å². The lowest BCUT2D eigenvalue weighted by Gasteiger charge is -2.22. The Labute approximate surface area is 108 Å². The molecule has 1 rings (SSSR count). The monoisotopic (exact) mass is 251 g/mol. The second kappa shape index (κ2) is 6.89. The van der Waals surface area contributed by atoms with E-state index in [4.69, 9.17) is 9.47 Å². The van der Waals surface area contributed by atoms with E-state index >= 15 is 0 Å². The van der Waals surface area contributed by atoms with Crippen molar-refractivity contribution in [3.8, 4) is 11.5 Å². The summed E-state index contributed by atoms with van der Waals surface area (Å²) in [5.41, 5.74) is 0.762. The molecule has 100 valence electrons. The molecule has 0 aromatic heterocycles. The number of hydrogen-bond donors (Lipinski definition) is 0. The van der Waals surface area contributed by atoms with E-state index in [-0.39, 0.29) is 5.91 Å². The molecule has 0 bridgehead atoms. The van der Waals surface area contributed by atoms with Gasteiger partial charge in [-0.2, -0.15) is 0 Å². The fourth-order valence-electron chi connectivity index (χ4n) is 1.80. The number of hydrogen-bond acceptors (Lipinski definition) is 3. The zero-order valence-electron chi connectivity index (χ0n) is 11.5. The Balaban J connectivity index is 3.16. The number of carbonyl (C=O) groups is 1. The summed E-state index contributed by atoms with van der Waals surface area (Å²) in [5.74, 6) is 1.45. The SMILES string of the molecule is CCOc1ccc(OCC)c(N(CC)C(C)=O)c1. The van der Waals surface area contributed by atoms with Gasteiger partial charge >= 0.3 is 0 Å². The highest BCUT2D eigenvalue weighted by molar-refractivity contribution is 5.93. The van der Waals surface area contributed by atoms with Crippen molar-refractivity contribution in [2.24, 2.45) is 0 Å². The molecule has 18 heavy (non-hydrogen) atoms. The van der Waals surface area contributed by atoms with E-state index < -0.39 is 0 Å². The van der Waals surface area contributed by atoms with Crippen molar-refractivity contribution in [2.75, 3.05) is 24.7 Å². The summed E-state index contributed by atoms with van der Waals surface area (Å²) in [6, 6.07) is 5.54. The minimum atomic E-state index is -0.00731. The second-order valence-electron chi connectivity index (χ2n) is 3.76. The van der Waals surface area contributed by atoms with Crippen LogP contribution < -0.4 is 14.4 Å². The maximum absolute atomic E-state index is 11.6. The Hall–Kier alpha value is -1.71. The highest BCUT2D eigenvalue weighted by atomic mass is 16.5. The molecule has 0 unspecified atom stereocenters. The van der Waals surface area contributed by atoms with Crippen LogP contribution in [0.5, 0.6) is 11.5 Å². The van der Waals surface area contributed by atoms with Crippen LogP contribution in [0, 0.1) is 0 Å². The Morgan fingerprint density at radius 3 is 2.33 bits per heavy atom. The first-order valence-electron chi connectivity index (χ1n) is 6.31. The van der Waals surface area contributed by atoms with E-state index in [2.05, 4.69) is 0 Å². The molecule has 1 aromatic carbocycles. The average Bonchev–Trinajstić information content (AvgIpc) is 2.33. The maximum atomic E-state index is 11.6. The summed E-state index contributed by atoms with van der Waals surface area (Å²) in [6.07, 6.45) is 0. The molecule has 0 radical (unpaired) electrons. The Bertz CT molecular complexity index is 404. The highest BCUT2D eigenvalue weighted by Crippen LogP contribution is 2.32. The minimum absolute atomic E-state index is 0.00731. The quantitative estimate of drug-likeness (QED) is 0.780. The molecule has 0 spiro atoms. The van der Waals surface area contributed by atoms with Crippen LogP contribution in [-0.2, 0) is 4.79 Å². The molecule has 0 fully saturated rings. The van der Waals surface area contributed by atoms with Crippen molar-refractivity contribution >= 4 is 11.6 Å². The summed E-state index contributed by atoms with van der Waals surface area (Å²) >= 11 is 0. The number of rotatable bonds is 6. The van der Waals surface area contributed by atoms with E-state index in [9.17, 15) is 4.79 Å². The molecule has 0 heterocycles. The number of carbonyl (C=O) groups excluding carboxylic acids is 1. The van der Waals surface area contributed by atoms with E-state index in [1.165, 1.54) is 0 Å². The van der Waals surface area contributed by atoms with Gasteiger partial charge in [0.05, 0.1) is 18.9 Å². The van der Waals surface area contributed by atoms with Crippen LogP contribution in [0.1, 0.15) is 27.7 Å². The van der Waals surface area contributed by atoms with Crippen LogP contribution in [0.3, 0.4) is 0 Å². The van der Waals surface area contributed by atoms with Crippen LogP contribution in [0.2, 0.25) is 0 Å². The maximum Gasteiger partial charge on any atom is 0.223 e. The molecular weight excluding hydrogens is 230 g/mol. The lowest BCUT2D eigenvalue weighted by Crippen LogP contribution is -2.28. The minimum Gasteiger partial charge on any atom is -0.494 e. The Morgan fingerprint density at radius 1 is 1.17 bits per heavy atom. The largest absolute Gasteiger partial charge is 0.494 e. The third-order valence-electron chi connectivity index (χ3n) is 2.53. The number of nitrogens with zero attached hydrogens (tertiary/aromatic N) is 1. The molecule has 0 saturated carbocycles. The lowest BCUT2D eigenvalue weighted by atomic mass is 10.2. The smallest absolute Gasteiger partial charge is 0.223 e. The van der Waals surface area contributed by atoms with Crippen molar-refractivity contribution in [3.05, 3.63) is 18.2 Å². The average molecular weight is 251 g/mol. The van der Waals surface area contributed by atoms with Crippen LogP contribution in [-0.4, -0.2) is 25.7 Å². The fourth-order valence-corrected chi connectivity index (χ4v) is 1.80. The molecule has 0 aliphatic rings. The van der Waals surface area contributed by atoms with Crippen molar-refractivity contribution in [2.45, 2.75) is 27.7 Å².